The Morgan fingerprint density at radius 1 is 1.22 bits per heavy atom. The molecule has 3 amide bonds. The second kappa shape index (κ2) is 8.75. The first-order chi connectivity index (χ1) is 12.7. The molecule has 0 bridgehead atoms. The number of likely N-dealkylation sites (N-methyl/N-ethyl adjacent to an activating group) is 1. The third-order valence-corrected chi connectivity index (χ3v) is 3.90. The summed E-state index contributed by atoms with van der Waals surface area (Å²) in [6.07, 6.45) is -0.881. The van der Waals surface area contributed by atoms with Crippen LogP contribution >= 0.6 is 0 Å². The van der Waals surface area contributed by atoms with Gasteiger partial charge in [0.05, 0.1) is 6.67 Å². The van der Waals surface area contributed by atoms with Crippen molar-refractivity contribution in [2.45, 2.75) is 45.4 Å². The van der Waals surface area contributed by atoms with E-state index in [1.807, 2.05) is 30.3 Å². The van der Waals surface area contributed by atoms with E-state index in [1.54, 1.807) is 27.8 Å². The van der Waals surface area contributed by atoms with Crippen molar-refractivity contribution in [3.05, 3.63) is 35.9 Å². The highest BCUT2D eigenvalue weighted by Gasteiger charge is 2.32. The van der Waals surface area contributed by atoms with Gasteiger partial charge in [0, 0.05) is 13.6 Å². The van der Waals surface area contributed by atoms with E-state index in [9.17, 15) is 14.4 Å². The molecule has 1 fully saturated rings. The molecule has 1 saturated heterocycles. The Bertz CT molecular complexity index is 672. The zero-order chi connectivity index (χ0) is 20.0. The summed E-state index contributed by atoms with van der Waals surface area (Å²) in [5.41, 5.74) is 0.228. The average molecular weight is 377 g/mol. The SMILES string of the molecule is CN1CN(C(=O)OCc2ccccc2)CCC(NC(=O)OC(C)(C)C)C1=O. The Morgan fingerprint density at radius 2 is 1.89 bits per heavy atom. The van der Waals surface area contributed by atoms with Gasteiger partial charge >= 0.3 is 12.2 Å². The molecular formula is C19H27N3O5. The standard InChI is InChI=1S/C19H27N3O5/c1-19(2,3)27-17(24)20-15-10-11-22(13-21(4)16(15)23)18(25)26-12-14-8-6-5-7-9-14/h5-9,15H,10-13H2,1-4H3,(H,20,24). The van der Waals surface area contributed by atoms with Gasteiger partial charge in [-0.25, -0.2) is 9.59 Å². The molecule has 27 heavy (non-hydrogen) atoms. The minimum Gasteiger partial charge on any atom is -0.445 e. The average Bonchev–Trinajstić information content (AvgIpc) is 2.72. The Kier molecular flexibility index (Phi) is 6.65. The van der Waals surface area contributed by atoms with E-state index in [-0.39, 0.29) is 32.1 Å². The molecule has 0 saturated carbocycles. The predicted molar refractivity (Wildman–Crippen MR) is 98.7 cm³/mol. The van der Waals surface area contributed by atoms with Crippen molar-refractivity contribution in [2.75, 3.05) is 20.3 Å². The highest BCUT2D eigenvalue weighted by Crippen LogP contribution is 2.12. The third kappa shape index (κ3) is 6.47. The number of carbonyl (C=O) groups excluding carboxylic acids is 3. The molecule has 0 aliphatic carbocycles. The molecule has 148 valence electrons. The van der Waals surface area contributed by atoms with Crippen LogP contribution in [0, 0.1) is 0 Å². The summed E-state index contributed by atoms with van der Waals surface area (Å²) in [7, 11) is 1.58. The molecule has 0 spiro atoms. The lowest BCUT2D eigenvalue weighted by atomic mass is 10.2. The molecule has 8 heteroatoms. The van der Waals surface area contributed by atoms with E-state index in [0.29, 0.717) is 0 Å². The molecular weight excluding hydrogens is 350 g/mol. The van der Waals surface area contributed by atoms with Crippen LogP contribution in [0.3, 0.4) is 0 Å². The van der Waals surface area contributed by atoms with Crippen molar-refractivity contribution in [2.24, 2.45) is 0 Å². The number of nitrogens with zero attached hydrogens (tertiary/aromatic N) is 2. The van der Waals surface area contributed by atoms with Gasteiger partial charge in [-0.05, 0) is 32.8 Å². The molecule has 0 aromatic heterocycles. The maximum atomic E-state index is 12.5. The van der Waals surface area contributed by atoms with E-state index < -0.39 is 23.8 Å². The zero-order valence-electron chi connectivity index (χ0n) is 16.2. The Morgan fingerprint density at radius 3 is 2.52 bits per heavy atom. The first kappa shape index (κ1) is 20.5. The van der Waals surface area contributed by atoms with Crippen molar-refractivity contribution in [3.63, 3.8) is 0 Å². The zero-order valence-corrected chi connectivity index (χ0v) is 16.2. The van der Waals surface area contributed by atoms with Gasteiger partial charge in [0.2, 0.25) is 5.91 Å². The maximum absolute atomic E-state index is 12.5. The quantitative estimate of drug-likeness (QED) is 0.873. The number of ether oxygens (including phenoxy) is 2. The van der Waals surface area contributed by atoms with Crippen LogP contribution in [0.15, 0.2) is 30.3 Å². The third-order valence-electron chi connectivity index (χ3n) is 3.90. The number of carbonyl (C=O) groups is 3. The molecule has 1 unspecified atom stereocenters. The van der Waals surface area contributed by atoms with E-state index >= 15 is 0 Å². The van der Waals surface area contributed by atoms with Crippen molar-refractivity contribution >= 4 is 18.1 Å². The molecule has 1 aromatic rings. The van der Waals surface area contributed by atoms with E-state index in [1.165, 1.54) is 9.80 Å². The number of alkyl carbamates (subject to hydrolysis) is 1. The van der Waals surface area contributed by atoms with Crippen molar-refractivity contribution in [3.8, 4) is 0 Å². The monoisotopic (exact) mass is 377 g/mol. The summed E-state index contributed by atoms with van der Waals surface area (Å²) in [5.74, 6) is -0.279. The fourth-order valence-corrected chi connectivity index (χ4v) is 2.61. The van der Waals surface area contributed by atoms with Gasteiger partial charge in [0.1, 0.15) is 18.2 Å². The molecule has 1 aliphatic rings. The van der Waals surface area contributed by atoms with Crippen LogP contribution in [0.4, 0.5) is 9.59 Å². The van der Waals surface area contributed by atoms with Crippen LogP contribution in [-0.2, 0) is 20.9 Å². The molecule has 1 aliphatic heterocycles. The summed E-state index contributed by atoms with van der Waals surface area (Å²) in [6, 6.07) is 8.61. The second-order valence-electron chi connectivity index (χ2n) is 7.47. The van der Waals surface area contributed by atoms with Gasteiger partial charge in [0.25, 0.3) is 0 Å². The van der Waals surface area contributed by atoms with Gasteiger partial charge in [-0.15, -0.1) is 0 Å². The molecule has 8 nitrogen and oxygen atoms in total. The predicted octanol–water partition coefficient (Wildman–Crippen LogP) is 2.34. The number of benzene rings is 1. The maximum Gasteiger partial charge on any atom is 0.411 e. The lowest BCUT2D eigenvalue weighted by molar-refractivity contribution is -0.132. The summed E-state index contributed by atoms with van der Waals surface area (Å²) in [6.45, 7) is 5.78. The van der Waals surface area contributed by atoms with Crippen LogP contribution in [0.1, 0.15) is 32.8 Å². The molecule has 1 atom stereocenters. The summed E-state index contributed by atoms with van der Waals surface area (Å²) in [4.78, 5) is 39.6. The lowest BCUT2D eigenvalue weighted by Gasteiger charge is -2.25. The van der Waals surface area contributed by atoms with Crippen LogP contribution in [0.2, 0.25) is 0 Å². The summed E-state index contributed by atoms with van der Waals surface area (Å²) >= 11 is 0. The minimum absolute atomic E-state index is 0.0962. The van der Waals surface area contributed by atoms with Crippen LogP contribution in [0.5, 0.6) is 0 Å². The first-order valence-electron chi connectivity index (χ1n) is 8.86. The topological polar surface area (TPSA) is 88.2 Å². The first-order valence-corrected chi connectivity index (χ1v) is 8.86. The Hall–Kier alpha value is -2.77. The number of nitrogens with one attached hydrogen (secondary N) is 1. The normalized spacial score (nSPS) is 17.9. The fourth-order valence-electron chi connectivity index (χ4n) is 2.61. The van der Waals surface area contributed by atoms with Gasteiger partial charge in [-0.1, -0.05) is 30.3 Å². The minimum atomic E-state index is -0.753. The molecule has 1 aromatic carbocycles. The fraction of sp³-hybridized carbons (Fsp3) is 0.526. The van der Waals surface area contributed by atoms with Crippen LogP contribution in [-0.4, -0.2) is 59.8 Å². The molecule has 0 radical (unpaired) electrons. The molecule has 2 rings (SSSR count). The van der Waals surface area contributed by atoms with Crippen LogP contribution in [0.25, 0.3) is 0 Å². The summed E-state index contributed by atoms with van der Waals surface area (Å²) in [5, 5.41) is 2.58. The summed E-state index contributed by atoms with van der Waals surface area (Å²) < 4.78 is 10.5. The van der Waals surface area contributed by atoms with Gasteiger partial charge in [-0.3, -0.25) is 9.69 Å². The molecule has 1 heterocycles. The smallest absolute Gasteiger partial charge is 0.411 e. The Balaban J connectivity index is 1.92. The van der Waals surface area contributed by atoms with Crippen molar-refractivity contribution in [1.29, 1.82) is 0 Å². The van der Waals surface area contributed by atoms with Crippen molar-refractivity contribution in [1.82, 2.24) is 15.1 Å². The number of rotatable bonds is 3. The largest absolute Gasteiger partial charge is 0.445 e. The number of amides is 3. The highest BCUT2D eigenvalue weighted by molar-refractivity contribution is 5.86. The van der Waals surface area contributed by atoms with E-state index in [2.05, 4.69) is 5.32 Å². The van der Waals surface area contributed by atoms with Gasteiger partial charge in [0.15, 0.2) is 0 Å². The van der Waals surface area contributed by atoms with E-state index in [4.69, 9.17) is 9.47 Å². The second-order valence-corrected chi connectivity index (χ2v) is 7.47. The van der Waals surface area contributed by atoms with Crippen LogP contribution < -0.4 is 5.32 Å². The number of hydrogen-bond acceptors (Lipinski definition) is 5. The Labute approximate surface area is 159 Å². The van der Waals surface area contributed by atoms with Crippen molar-refractivity contribution < 1.29 is 23.9 Å². The lowest BCUT2D eigenvalue weighted by Crippen LogP contribution is -2.48. The molecule has 1 N–H and O–H groups in total. The van der Waals surface area contributed by atoms with E-state index in [0.717, 1.165) is 5.56 Å². The van der Waals surface area contributed by atoms with Gasteiger partial charge < -0.3 is 19.7 Å². The number of hydrogen-bond donors (Lipinski definition) is 1. The highest BCUT2D eigenvalue weighted by atomic mass is 16.6. The van der Waals surface area contributed by atoms with Gasteiger partial charge in [-0.2, -0.15) is 0 Å².